The van der Waals surface area contributed by atoms with E-state index in [2.05, 4.69) is 34.7 Å². The number of methoxy groups -OCH3 is 2. The van der Waals surface area contributed by atoms with Crippen LogP contribution in [0.25, 0.3) is 0 Å². The van der Waals surface area contributed by atoms with Gasteiger partial charge in [-0.2, -0.15) is 0 Å². The lowest BCUT2D eigenvalue weighted by molar-refractivity contribution is -0.125. The summed E-state index contributed by atoms with van der Waals surface area (Å²) in [5.41, 5.74) is 3.14. The van der Waals surface area contributed by atoms with Crippen LogP contribution in [0.15, 0.2) is 84.0 Å². The van der Waals surface area contributed by atoms with Crippen LogP contribution in [0.1, 0.15) is 29.0 Å². The van der Waals surface area contributed by atoms with E-state index in [1.807, 2.05) is 36.4 Å². The highest BCUT2D eigenvalue weighted by molar-refractivity contribution is 5.84. The van der Waals surface area contributed by atoms with Crippen molar-refractivity contribution in [1.82, 2.24) is 5.32 Å². The molecule has 0 aliphatic rings. The Hall–Kier alpha value is -3.80. The molecular weight excluding hydrogens is 404 g/mol. The van der Waals surface area contributed by atoms with Gasteiger partial charge in [-0.15, -0.1) is 0 Å². The summed E-state index contributed by atoms with van der Waals surface area (Å²) in [4.78, 5) is 17.3. The first kappa shape index (κ1) is 22.9. The van der Waals surface area contributed by atoms with Gasteiger partial charge in [0.2, 0.25) is 0 Å². The lowest BCUT2D eigenvalue weighted by Crippen LogP contribution is -2.29. The summed E-state index contributed by atoms with van der Waals surface area (Å²) in [5.74, 6) is 1.30. The quantitative estimate of drug-likeness (QED) is 0.360. The van der Waals surface area contributed by atoms with Crippen LogP contribution in [0.3, 0.4) is 0 Å². The fourth-order valence-electron chi connectivity index (χ4n) is 3.43. The lowest BCUT2D eigenvalue weighted by atomic mass is 9.88. The molecule has 0 heterocycles. The van der Waals surface area contributed by atoms with Crippen molar-refractivity contribution in [2.75, 3.05) is 27.4 Å². The maximum Gasteiger partial charge on any atom is 0.260 e. The second kappa shape index (κ2) is 12.2. The highest BCUT2D eigenvalue weighted by atomic mass is 16.6. The third kappa shape index (κ3) is 6.60. The Bertz CT molecular complexity index is 967. The van der Waals surface area contributed by atoms with Gasteiger partial charge in [0.05, 0.1) is 20.4 Å². The SMILES string of the molecule is COc1ccc(OC)c(/C=N/OCC(=O)NCCC(c2ccccc2)c2ccccc2)c1. The standard InChI is InChI=1S/C26H28N2O4/c1-30-23-13-14-25(31-2)22(17-23)18-28-32-19-26(29)27-16-15-24(20-9-5-3-6-10-20)21-11-7-4-8-12-21/h3-14,17-18,24H,15-16,19H2,1-2H3,(H,27,29)/b28-18+. The number of amides is 1. The minimum absolute atomic E-state index is 0.163. The van der Waals surface area contributed by atoms with E-state index >= 15 is 0 Å². The molecule has 0 saturated heterocycles. The first-order valence-electron chi connectivity index (χ1n) is 10.4. The molecule has 0 unspecified atom stereocenters. The van der Waals surface area contributed by atoms with E-state index < -0.39 is 0 Å². The van der Waals surface area contributed by atoms with Crippen LogP contribution in [0.2, 0.25) is 0 Å². The molecule has 0 fully saturated rings. The smallest absolute Gasteiger partial charge is 0.260 e. The van der Waals surface area contributed by atoms with Gasteiger partial charge in [-0.1, -0.05) is 65.8 Å². The number of benzene rings is 3. The molecule has 1 N–H and O–H groups in total. The number of carbonyl (C=O) groups is 1. The summed E-state index contributed by atoms with van der Waals surface area (Å²) in [7, 11) is 3.16. The lowest BCUT2D eigenvalue weighted by Gasteiger charge is -2.18. The molecule has 3 rings (SSSR count). The van der Waals surface area contributed by atoms with Gasteiger partial charge >= 0.3 is 0 Å². The van der Waals surface area contributed by atoms with Crippen molar-refractivity contribution < 1.29 is 19.1 Å². The van der Waals surface area contributed by atoms with Gasteiger partial charge in [-0.3, -0.25) is 4.79 Å². The van der Waals surface area contributed by atoms with Crippen molar-refractivity contribution >= 4 is 12.1 Å². The number of oxime groups is 1. The molecule has 6 heteroatoms. The van der Waals surface area contributed by atoms with Crippen molar-refractivity contribution in [3.05, 3.63) is 95.6 Å². The van der Waals surface area contributed by atoms with Crippen LogP contribution in [-0.2, 0) is 9.63 Å². The summed E-state index contributed by atoms with van der Waals surface area (Å²) in [5, 5.41) is 6.79. The molecule has 3 aromatic rings. The minimum Gasteiger partial charge on any atom is -0.497 e. The Labute approximate surface area is 188 Å². The highest BCUT2D eigenvalue weighted by Crippen LogP contribution is 2.27. The normalized spacial score (nSPS) is 10.8. The molecule has 1 amide bonds. The molecule has 166 valence electrons. The Morgan fingerprint density at radius 2 is 1.59 bits per heavy atom. The third-order valence-electron chi connectivity index (χ3n) is 5.06. The van der Waals surface area contributed by atoms with Crippen LogP contribution in [0, 0.1) is 0 Å². The molecule has 3 aromatic carbocycles. The van der Waals surface area contributed by atoms with Crippen molar-refractivity contribution in [3.63, 3.8) is 0 Å². The third-order valence-corrected chi connectivity index (χ3v) is 5.06. The number of nitrogens with one attached hydrogen (secondary N) is 1. The first-order chi connectivity index (χ1) is 15.7. The second-order valence-corrected chi connectivity index (χ2v) is 7.13. The Morgan fingerprint density at radius 1 is 0.938 bits per heavy atom. The molecule has 0 radical (unpaired) electrons. The van der Waals surface area contributed by atoms with E-state index in [-0.39, 0.29) is 18.4 Å². The van der Waals surface area contributed by atoms with Crippen LogP contribution in [-0.4, -0.2) is 39.5 Å². The van der Waals surface area contributed by atoms with Crippen molar-refractivity contribution in [2.45, 2.75) is 12.3 Å². The maximum absolute atomic E-state index is 12.2. The maximum atomic E-state index is 12.2. The van der Waals surface area contributed by atoms with Gasteiger partial charge in [-0.25, -0.2) is 0 Å². The minimum atomic E-state index is -0.223. The molecule has 0 aliphatic heterocycles. The van der Waals surface area contributed by atoms with Crippen LogP contribution < -0.4 is 14.8 Å². The monoisotopic (exact) mass is 432 g/mol. The molecule has 0 atom stereocenters. The molecule has 0 spiro atoms. The number of hydrogen-bond donors (Lipinski definition) is 1. The van der Waals surface area contributed by atoms with E-state index in [0.29, 0.717) is 23.6 Å². The summed E-state index contributed by atoms with van der Waals surface area (Å²) in [6.45, 7) is 0.369. The number of carbonyl (C=O) groups excluding carboxylic acids is 1. The fourth-order valence-corrected chi connectivity index (χ4v) is 3.43. The topological polar surface area (TPSA) is 69.1 Å². The van der Waals surface area contributed by atoms with Crippen molar-refractivity contribution in [3.8, 4) is 11.5 Å². The molecule has 0 bridgehead atoms. The molecule has 0 saturated carbocycles. The molecule has 6 nitrogen and oxygen atoms in total. The Kier molecular flexibility index (Phi) is 8.69. The number of nitrogens with zero attached hydrogens (tertiary/aromatic N) is 1. The highest BCUT2D eigenvalue weighted by Gasteiger charge is 2.14. The molecule has 32 heavy (non-hydrogen) atoms. The van der Waals surface area contributed by atoms with Crippen LogP contribution in [0.4, 0.5) is 0 Å². The first-order valence-corrected chi connectivity index (χ1v) is 10.4. The number of ether oxygens (including phenoxy) is 2. The largest absolute Gasteiger partial charge is 0.497 e. The van der Waals surface area contributed by atoms with E-state index in [1.54, 1.807) is 32.4 Å². The predicted octanol–water partition coefficient (Wildman–Crippen LogP) is 4.39. The summed E-state index contributed by atoms with van der Waals surface area (Å²) in [6, 6.07) is 26.0. The van der Waals surface area contributed by atoms with Gasteiger partial charge in [-0.05, 0) is 35.7 Å². The second-order valence-electron chi connectivity index (χ2n) is 7.13. The van der Waals surface area contributed by atoms with Crippen LogP contribution >= 0.6 is 0 Å². The van der Waals surface area contributed by atoms with Crippen molar-refractivity contribution in [1.29, 1.82) is 0 Å². The molecule has 0 aliphatic carbocycles. The van der Waals surface area contributed by atoms with Gasteiger partial charge in [0, 0.05) is 18.0 Å². The number of rotatable bonds is 11. The van der Waals surface area contributed by atoms with Crippen LogP contribution in [0.5, 0.6) is 11.5 Å². The van der Waals surface area contributed by atoms with Crippen molar-refractivity contribution in [2.24, 2.45) is 5.16 Å². The fraction of sp³-hybridized carbons (Fsp3) is 0.231. The number of hydrogen-bond acceptors (Lipinski definition) is 5. The van der Waals surface area contributed by atoms with Gasteiger partial charge < -0.3 is 19.6 Å². The zero-order valence-electron chi connectivity index (χ0n) is 18.4. The van der Waals surface area contributed by atoms with Gasteiger partial charge in [0.1, 0.15) is 11.5 Å². The predicted molar refractivity (Wildman–Crippen MR) is 125 cm³/mol. The summed E-state index contributed by atoms with van der Waals surface area (Å²) < 4.78 is 10.5. The molecule has 0 aromatic heterocycles. The average molecular weight is 433 g/mol. The van der Waals surface area contributed by atoms with Gasteiger partial charge in [0.15, 0.2) is 6.61 Å². The Morgan fingerprint density at radius 3 is 2.19 bits per heavy atom. The van der Waals surface area contributed by atoms with E-state index in [0.717, 1.165) is 6.42 Å². The Balaban J connectivity index is 1.50. The molecular formula is C26H28N2O4. The zero-order chi connectivity index (χ0) is 22.6. The summed E-state index contributed by atoms with van der Waals surface area (Å²) >= 11 is 0. The average Bonchev–Trinajstić information content (AvgIpc) is 2.85. The van der Waals surface area contributed by atoms with Gasteiger partial charge in [0.25, 0.3) is 5.91 Å². The van der Waals surface area contributed by atoms with E-state index in [9.17, 15) is 4.79 Å². The zero-order valence-corrected chi connectivity index (χ0v) is 18.4. The van der Waals surface area contributed by atoms with E-state index in [1.165, 1.54) is 17.3 Å². The van der Waals surface area contributed by atoms with E-state index in [4.69, 9.17) is 14.3 Å². The summed E-state index contributed by atoms with van der Waals surface area (Å²) in [6.07, 6.45) is 2.28.